The summed E-state index contributed by atoms with van der Waals surface area (Å²) >= 11 is 5.87. The van der Waals surface area contributed by atoms with E-state index in [9.17, 15) is 19.5 Å². The summed E-state index contributed by atoms with van der Waals surface area (Å²) in [5, 5.41) is 10.5. The molecule has 146 valence electrons. The van der Waals surface area contributed by atoms with E-state index >= 15 is 0 Å². The maximum Gasteiger partial charge on any atom is 0.319 e. The van der Waals surface area contributed by atoms with E-state index in [0.717, 1.165) is 5.56 Å². The molecule has 7 nitrogen and oxygen atoms in total. The molecule has 8 heteroatoms. The van der Waals surface area contributed by atoms with Crippen LogP contribution in [0.25, 0.3) is 0 Å². The number of rotatable bonds is 4. The number of carboxylic acids is 1. The average molecular weight is 394 g/mol. The third kappa shape index (κ3) is 3.74. The number of aryl methyl sites for hydroxylation is 1. The SMILES string of the molecule is CN(C)C(=O)N1C[C@H]2CN(C(=O)CCc3ccc(Cl)cc3)C[C@@]2(C(=O)O)C1. The quantitative estimate of drug-likeness (QED) is 0.845. The van der Waals surface area contributed by atoms with E-state index in [1.165, 1.54) is 4.90 Å². The predicted molar refractivity (Wildman–Crippen MR) is 101 cm³/mol. The summed E-state index contributed by atoms with van der Waals surface area (Å²) in [5.74, 6) is -1.22. The number of aliphatic carboxylic acids is 1. The van der Waals surface area contributed by atoms with Gasteiger partial charge in [-0.1, -0.05) is 23.7 Å². The van der Waals surface area contributed by atoms with E-state index in [1.807, 2.05) is 12.1 Å². The molecule has 2 saturated heterocycles. The normalized spacial score (nSPS) is 24.0. The number of benzene rings is 1. The van der Waals surface area contributed by atoms with Crippen molar-refractivity contribution < 1.29 is 19.5 Å². The van der Waals surface area contributed by atoms with Crippen molar-refractivity contribution >= 4 is 29.5 Å². The summed E-state index contributed by atoms with van der Waals surface area (Å²) in [7, 11) is 3.30. The second-order valence-electron chi connectivity index (χ2n) is 7.62. The Morgan fingerprint density at radius 2 is 1.74 bits per heavy atom. The van der Waals surface area contributed by atoms with E-state index in [0.29, 0.717) is 31.0 Å². The monoisotopic (exact) mass is 393 g/mol. The number of nitrogens with zero attached hydrogens (tertiary/aromatic N) is 3. The lowest BCUT2D eigenvalue weighted by Gasteiger charge is -2.27. The van der Waals surface area contributed by atoms with Gasteiger partial charge in [0, 0.05) is 57.6 Å². The van der Waals surface area contributed by atoms with Crippen molar-refractivity contribution in [2.45, 2.75) is 12.8 Å². The van der Waals surface area contributed by atoms with Gasteiger partial charge in [-0.15, -0.1) is 0 Å². The number of urea groups is 1. The molecule has 1 N–H and O–H groups in total. The van der Waals surface area contributed by atoms with E-state index in [-0.39, 0.29) is 30.9 Å². The van der Waals surface area contributed by atoms with Crippen LogP contribution in [0, 0.1) is 11.3 Å². The third-order valence-electron chi connectivity index (χ3n) is 5.58. The Kier molecular flexibility index (Phi) is 5.33. The first kappa shape index (κ1) is 19.5. The van der Waals surface area contributed by atoms with Gasteiger partial charge in [-0.25, -0.2) is 4.79 Å². The smallest absolute Gasteiger partial charge is 0.319 e. The Morgan fingerprint density at radius 1 is 1.15 bits per heavy atom. The lowest BCUT2D eigenvalue weighted by molar-refractivity contribution is -0.149. The Labute approximate surface area is 163 Å². The number of carboxylic acid groups (broad SMARTS) is 1. The van der Waals surface area contributed by atoms with Crippen molar-refractivity contribution in [2.75, 3.05) is 40.3 Å². The van der Waals surface area contributed by atoms with Gasteiger partial charge in [-0.2, -0.15) is 0 Å². The Bertz CT molecular complexity index is 752. The number of carbonyl (C=O) groups is 3. The van der Waals surface area contributed by atoms with Crippen LogP contribution in [-0.4, -0.2) is 78.0 Å². The third-order valence-corrected chi connectivity index (χ3v) is 5.83. The topological polar surface area (TPSA) is 81.2 Å². The van der Waals surface area contributed by atoms with Crippen LogP contribution in [0.3, 0.4) is 0 Å². The number of carbonyl (C=O) groups excluding carboxylic acids is 2. The lowest BCUT2D eigenvalue weighted by atomic mass is 9.81. The van der Waals surface area contributed by atoms with Crippen molar-refractivity contribution in [2.24, 2.45) is 11.3 Å². The van der Waals surface area contributed by atoms with Crippen molar-refractivity contribution in [3.8, 4) is 0 Å². The summed E-state index contributed by atoms with van der Waals surface area (Å²) in [6, 6.07) is 7.16. The molecule has 0 aromatic heterocycles. The fourth-order valence-corrected chi connectivity index (χ4v) is 4.17. The molecule has 2 aliphatic heterocycles. The number of amides is 3. The molecular formula is C19H24ClN3O4. The van der Waals surface area contributed by atoms with Crippen LogP contribution >= 0.6 is 11.6 Å². The highest BCUT2D eigenvalue weighted by molar-refractivity contribution is 6.30. The Hall–Kier alpha value is -2.28. The van der Waals surface area contributed by atoms with Gasteiger partial charge in [-0.3, -0.25) is 9.59 Å². The Balaban J connectivity index is 1.64. The number of hydrogen-bond acceptors (Lipinski definition) is 3. The molecule has 2 heterocycles. The number of likely N-dealkylation sites (tertiary alicyclic amines) is 2. The molecule has 27 heavy (non-hydrogen) atoms. The van der Waals surface area contributed by atoms with Crippen LogP contribution in [0.5, 0.6) is 0 Å². The first-order valence-corrected chi connectivity index (χ1v) is 9.32. The zero-order chi connectivity index (χ0) is 19.8. The molecule has 0 bridgehead atoms. The van der Waals surface area contributed by atoms with Gasteiger partial charge in [0.1, 0.15) is 5.41 Å². The summed E-state index contributed by atoms with van der Waals surface area (Å²) in [6.45, 7) is 1.04. The highest BCUT2D eigenvalue weighted by atomic mass is 35.5. The standard InChI is InChI=1S/C19H24ClN3O4/c1-21(2)18(27)23-10-14-9-22(11-19(14,12-23)17(25)26)16(24)8-5-13-3-6-15(20)7-4-13/h3-4,6-7,14H,5,8-12H2,1-2H3,(H,25,26)/t14-,19-/m1/s1. The van der Waals surface area contributed by atoms with Gasteiger partial charge in [0.05, 0.1) is 0 Å². The maximum absolute atomic E-state index is 12.6. The zero-order valence-electron chi connectivity index (χ0n) is 15.5. The van der Waals surface area contributed by atoms with Crippen molar-refractivity contribution in [1.82, 2.24) is 14.7 Å². The molecular weight excluding hydrogens is 370 g/mol. The molecule has 0 radical (unpaired) electrons. The molecule has 2 aliphatic rings. The summed E-state index contributed by atoms with van der Waals surface area (Å²) in [6.07, 6.45) is 0.910. The van der Waals surface area contributed by atoms with Gasteiger partial charge in [-0.05, 0) is 24.1 Å². The van der Waals surface area contributed by atoms with Crippen LogP contribution in [0.15, 0.2) is 24.3 Å². The summed E-state index contributed by atoms with van der Waals surface area (Å²) in [5.41, 5.74) is -0.0513. The summed E-state index contributed by atoms with van der Waals surface area (Å²) < 4.78 is 0. The second kappa shape index (κ2) is 7.38. The minimum atomic E-state index is -1.07. The number of halogens is 1. The van der Waals surface area contributed by atoms with Crippen molar-refractivity contribution in [3.05, 3.63) is 34.9 Å². The van der Waals surface area contributed by atoms with Gasteiger partial charge in [0.25, 0.3) is 0 Å². The molecule has 1 aromatic carbocycles. The maximum atomic E-state index is 12.6. The predicted octanol–water partition coefficient (Wildman–Crippen LogP) is 1.80. The van der Waals surface area contributed by atoms with Crippen molar-refractivity contribution in [3.63, 3.8) is 0 Å². The lowest BCUT2D eigenvalue weighted by Crippen LogP contribution is -2.45. The van der Waals surface area contributed by atoms with E-state index in [4.69, 9.17) is 11.6 Å². The van der Waals surface area contributed by atoms with E-state index in [1.54, 1.807) is 36.0 Å². The number of hydrogen-bond donors (Lipinski definition) is 1. The van der Waals surface area contributed by atoms with Crippen LogP contribution in [-0.2, 0) is 16.0 Å². The number of fused-ring (bicyclic) bond motifs is 1. The highest BCUT2D eigenvalue weighted by Crippen LogP contribution is 2.43. The molecule has 3 rings (SSSR count). The zero-order valence-corrected chi connectivity index (χ0v) is 16.3. The van der Waals surface area contributed by atoms with Crippen LogP contribution < -0.4 is 0 Å². The molecule has 2 fully saturated rings. The fraction of sp³-hybridized carbons (Fsp3) is 0.526. The minimum absolute atomic E-state index is 0.0505. The van der Waals surface area contributed by atoms with Gasteiger partial charge < -0.3 is 19.8 Å². The molecule has 1 aromatic rings. The Morgan fingerprint density at radius 3 is 2.30 bits per heavy atom. The van der Waals surface area contributed by atoms with Crippen LogP contribution in [0.1, 0.15) is 12.0 Å². The molecule has 3 amide bonds. The molecule has 0 unspecified atom stereocenters. The van der Waals surface area contributed by atoms with Crippen LogP contribution in [0.4, 0.5) is 4.79 Å². The molecule has 0 aliphatic carbocycles. The fourth-order valence-electron chi connectivity index (χ4n) is 4.05. The minimum Gasteiger partial charge on any atom is -0.481 e. The van der Waals surface area contributed by atoms with E-state index in [2.05, 4.69) is 0 Å². The van der Waals surface area contributed by atoms with Gasteiger partial charge >= 0.3 is 12.0 Å². The molecule has 2 atom stereocenters. The highest BCUT2D eigenvalue weighted by Gasteiger charge is 2.59. The largest absolute Gasteiger partial charge is 0.481 e. The first-order chi connectivity index (χ1) is 12.7. The molecule has 0 spiro atoms. The first-order valence-electron chi connectivity index (χ1n) is 8.95. The summed E-state index contributed by atoms with van der Waals surface area (Å²) in [4.78, 5) is 41.5. The van der Waals surface area contributed by atoms with Gasteiger partial charge in [0.2, 0.25) is 5.91 Å². The second-order valence-corrected chi connectivity index (χ2v) is 8.05. The average Bonchev–Trinajstić information content (AvgIpc) is 3.16. The van der Waals surface area contributed by atoms with Gasteiger partial charge in [0.15, 0.2) is 0 Å². The van der Waals surface area contributed by atoms with Crippen LogP contribution in [0.2, 0.25) is 5.02 Å². The molecule has 0 saturated carbocycles. The van der Waals surface area contributed by atoms with E-state index < -0.39 is 11.4 Å². The van der Waals surface area contributed by atoms with Crippen molar-refractivity contribution in [1.29, 1.82) is 0 Å².